The molecule has 0 spiro atoms. The molecule has 1 aromatic heterocycles. The molecule has 4 amide bonds. The second-order valence-corrected chi connectivity index (χ2v) is 6.20. The van der Waals surface area contributed by atoms with Gasteiger partial charge in [0.1, 0.15) is 11.1 Å². The summed E-state index contributed by atoms with van der Waals surface area (Å²) in [5.41, 5.74) is 4.08. The molecule has 5 N–H and O–H groups in total. The Balaban J connectivity index is 0.00000263. The standard InChI is InChI=1S/C16H18BN5O4S.CH3NO/c1-27-16-10(6-18)5-11(7-22-16)15(26)19-4-2-3-13(24)21-9-14(25)20-8-12(17)23;2-1-3/h5,7H,2-4,8-9H2,1H3,(H,19,26)(H,20,25)(H,21,24);1H,(H2,2,3). The first-order chi connectivity index (χ1) is 14.3. The SMILES string of the molecule is NC=O.[B]C(=O)CNC(=O)CNC(=O)CCCNC(=O)c1cnc(SC)c(C#N)c1. The first kappa shape index (κ1) is 26.6. The molecule has 2 radical (unpaired) electrons. The molecule has 13 heteroatoms. The largest absolute Gasteiger partial charge is 0.372 e. The van der Waals surface area contributed by atoms with Crippen LogP contribution in [0.3, 0.4) is 0 Å². The van der Waals surface area contributed by atoms with Crippen molar-refractivity contribution < 1.29 is 24.0 Å². The Kier molecular flexibility index (Phi) is 13.8. The molecule has 0 saturated carbocycles. The van der Waals surface area contributed by atoms with E-state index in [1.165, 1.54) is 24.0 Å². The van der Waals surface area contributed by atoms with E-state index in [9.17, 15) is 19.2 Å². The van der Waals surface area contributed by atoms with E-state index >= 15 is 0 Å². The number of nitriles is 1. The Hall–Kier alpha value is -3.40. The third-order valence-electron chi connectivity index (χ3n) is 3.20. The molecule has 0 saturated heterocycles. The van der Waals surface area contributed by atoms with E-state index in [1.54, 1.807) is 6.26 Å². The van der Waals surface area contributed by atoms with Crippen molar-refractivity contribution in [3.05, 3.63) is 23.4 Å². The number of nitrogens with zero attached hydrogens (tertiary/aromatic N) is 2. The van der Waals surface area contributed by atoms with Gasteiger partial charge >= 0.3 is 0 Å². The van der Waals surface area contributed by atoms with E-state index < -0.39 is 17.5 Å². The Morgan fingerprint density at radius 2 is 1.87 bits per heavy atom. The summed E-state index contributed by atoms with van der Waals surface area (Å²) in [5.74, 6) is -1.28. The number of thioether (sulfide) groups is 1. The lowest BCUT2D eigenvalue weighted by molar-refractivity contribution is -0.126. The van der Waals surface area contributed by atoms with Crippen molar-refractivity contribution in [3.63, 3.8) is 0 Å². The van der Waals surface area contributed by atoms with Gasteiger partial charge in [0, 0.05) is 19.2 Å². The molecular formula is C17H21BN6O5S. The van der Waals surface area contributed by atoms with Crippen molar-refractivity contribution in [2.24, 2.45) is 5.73 Å². The smallest absolute Gasteiger partial charge is 0.252 e. The minimum Gasteiger partial charge on any atom is -0.372 e. The number of nitrogens with two attached hydrogens (primary N) is 1. The van der Waals surface area contributed by atoms with E-state index in [0.29, 0.717) is 17.0 Å². The van der Waals surface area contributed by atoms with Crippen molar-refractivity contribution in [1.82, 2.24) is 20.9 Å². The number of hydrogen-bond donors (Lipinski definition) is 4. The summed E-state index contributed by atoms with van der Waals surface area (Å²) in [6.07, 6.45) is 3.90. The fourth-order valence-corrected chi connectivity index (χ4v) is 2.37. The summed E-state index contributed by atoms with van der Waals surface area (Å²) in [7, 11) is 4.88. The summed E-state index contributed by atoms with van der Waals surface area (Å²) < 4.78 is 0. The molecule has 158 valence electrons. The van der Waals surface area contributed by atoms with E-state index in [0.717, 1.165) is 0 Å². The maximum Gasteiger partial charge on any atom is 0.252 e. The third-order valence-corrected chi connectivity index (χ3v) is 3.91. The number of carbonyl (C=O) groups excluding carboxylic acids is 5. The van der Waals surface area contributed by atoms with Gasteiger partial charge in [-0.1, -0.05) is 0 Å². The van der Waals surface area contributed by atoms with Gasteiger partial charge in [-0.05, 0) is 18.7 Å². The summed E-state index contributed by atoms with van der Waals surface area (Å²) in [6.45, 7) is -0.309. The zero-order valence-electron chi connectivity index (χ0n) is 16.3. The summed E-state index contributed by atoms with van der Waals surface area (Å²) >= 11 is 1.31. The predicted octanol–water partition coefficient (Wildman–Crippen LogP) is -1.79. The summed E-state index contributed by atoms with van der Waals surface area (Å²) in [6, 6.07) is 3.45. The van der Waals surface area contributed by atoms with Crippen LogP contribution in [-0.2, 0) is 19.2 Å². The fourth-order valence-electron chi connectivity index (χ4n) is 1.89. The van der Waals surface area contributed by atoms with Gasteiger partial charge in [0.15, 0.2) is 7.85 Å². The average molecular weight is 432 g/mol. The molecular weight excluding hydrogens is 411 g/mol. The van der Waals surface area contributed by atoms with Crippen LogP contribution in [0.4, 0.5) is 0 Å². The van der Waals surface area contributed by atoms with Gasteiger partial charge in [0.05, 0.1) is 29.9 Å². The molecule has 11 nitrogen and oxygen atoms in total. The zero-order valence-corrected chi connectivity index (χ0v) is 17.1. The third kappa shape index (κ3) is 11.4. The normalized spacial score (nSPS) is 9.20. The Morgan fingerprint density at radius 1 is 1.23 bits per heavy atom. The topological polar surface area (TPSA) is 184 Å². The van der Waals surface area contributed by atoms with Crippen molar-refractivity contribution in [1.29, 1.82) is 5.26 Å². The number of rotatable bonds is 10. The molecule has 1 heterocycles. The number of amides is 4. The number of carbonyl (C=O) groups is 5. The zero-order chi connectivity index (χ0) is 22.9. The fraction of sp³-hybridized carbons (Fsp3) is 0.353. The van der Waals surface area contributed by atoms with E-state index in [1.807, 2.05) is 6.07 Å². The number of hydrogen-bond acceptors (Lipinski definition) is 8. The van der Waals surface area contributed by atoms with E-state index in [-0.39, 0.29) is 43.9 Å². The first-order valence-corrected chi connectivity index (χ1v) is 9.70. The lowest BCUT2D eigenvalue weighted by Crippen LogP contribution is -2.39. The highest BCUT2D eigenvalue weighted by Crippen LogP contribution is 2.17. The molecule has 1 aromatic rings. The second kappa shape index (κ2) is 15.5. The van der Waals surface area contributed by atoms with Crippen molar-refractivity contribution >= 4 is 49.4 Å². The van der Waals surface area contributed by atoms with Crippen LogP contribution in [0.1, 0.15) is 28.8 Å². The van der Waals surface area contributed by atoms with E-state index in [4.69, 9.17) is 17.9 Å². The molecule has 0 aromatic carbocycles. The van der Waals surface area contributed by atoms with Gasteiger partial charge in [-0.3, -0.25) is 19.2 Å². The Bertz CT molecular complexity index is 814. The van der Waals surface area contributed by atoms with Crippen LogP contribution >= 0.6 is 11.8 Å². The van der Waals surface area contributed by atoms with Crippen LogP contribution in [-0.4, -0.2) is 68.5 Å². The van der Waals surface area contributed by atoms with Crippen molar-refractivity contribution in [3.8, 4) is 6.07 Å². The highest BCUT2D eigenvalue weighted by Gasteiger charge is 2.11. The number of aromatic nitrogens is 1. The minimum atomic E-state index is -0.675. The number of primary amides is 1. The lowest BCUT2D eigenvalue weighted by Gasteiger charge is -2.07. The van der Waals surface area contributed by atoms with Gasteiger partial charge in [-0.15, -0.1) is 11.8 Å². The lowest BCUT2D eigenvalue weighted by atomic mass is 10.0. The molecule has 0 aliphatic carbocycles. The van der Waals surface area contributed by atoms with Crippen LogP contribution < -0.4 is 21.7 Å². The number of nitrogens with one attached hydrogen (secondary N) is 3. The van der Waals surface area contributed by atoms with Crippen LogP contribution in [0.5, 0.6) is 0 Å². The summed E-state index contributed by atoms with van der Waals surface area (Å²) in [4.78, 5) is 58.1. The average Bonchev–Trinajstić information content (AvgIpc) is 2.73. The van der Waals surface area contributed by atoms with Crippen molar-refractivity contribution in [2.45, 2.75) is 17.9 Å². The molecule has 0 unspecified atom stereocenters. The monoisotopic (exact) mass is 432 g/mol. The molecule has 1 rings (SSSR count). The quantitative estimate of drug-likeness (QED) is 0.145. The number of pyridine rings is 1. The van der Waals surface area contributed by atoms with Gasteiger partial charge in [0.2, 0.25) is 18.2 Å². The van der Waals surface area contributed by atoms with Gasteiger partial charge in [0.25, 0.3) is 5.91 Å². The van der Waals surface area contributed by atoms with E-state index in [2.05, 4.69) is 26.7 Å². The van der Waals surface area contributed by atoms with Crippen LogP contribution in [0.25, 0.3) is 0 Å². The van der Waals surface area contributed by atoms with Crippen LogP contribution in [0, 0.1) is 11.3 Å². The van der Waals surface area contributed by atoms with Gasteiger partial charge < -0.3 is 26.5 Å². The Labute approximate surface area is 179 Å². The molecule has 0 aliphatic heterocycles. The molecule has 0 fully saturated rings. The highest BCUT2D eigenvalue weighted by molar-refractivity contribution is 7.98. The Morgan fingerprint density at radius 3 is 2.43 bits per heavy atom. The molecule has 0 aliphatic rings. The predicted molar refractivity (Wildman–Crippen MR) is 109 cm³/mol. The molecule has 0 bridgehead atoms. The first-order valence-electron chi connectivity index (χ1n) is 8.48. The molecule has 30 heavy (non-hydrogen) atoms. The highest BCUT2D eigenvalue weighted by atomic mass is 32.2. The maximum absolute atomic E-state index is 12.0. The minimum absolute atomic E-state index is 0.108. The van der Waals surface area contributed by atoms with Crippen LogP contribution in [0.15, 0.2) is 17.3 Å². The molecule has 0 atom stereocenters. The maximum atomic E-state index is 12.0. The van der Waals surface area contributed by atoms with Crippen molar-refractivity contribution in [2.75, 3.05) is 25.9 Å². The van der Waals surface area contributed by atoms with Gasteiger partial charge in [-0.2, -0.15) is 5.26 Å². The summed E-state index contributed by atoms with van der Waals surface area (Å²) in [5, 5.41) is 16.9. The second-order valence-electron chi connectivity index (χ2n) is 5.41. The van der Waals surface area contributed by atoms with Crippen LogP contribution in [0.2, 0.25) is 0 Å². The van der Waals surface area contributed by atoms with Gasteiger partial charge in [-0.25, -0.2) is 4.98 Å².